The van der Waals surface area contributed by atoms with Crippen LogP contribution in [-0.4, -0.2) is 11.2 Å². The third-order valence-electron chi connectivity index (χ3n) is 8.68. The minimum Gasteiger partial charge on any atom is -0.393 e. The Hall–Kier alpha value is -0.300. The average Bonchev–Trinajstić information content (AvgIpc) is 2.85. The van der Waals surface area contributed by atoms with Crippen molar-refractivity contribution >= 4 is 0 Å². The highest BCUT2D eigenvalue weighted by Gasteiger charge is 2.58. The van der Waals surface area contributed by atoms with Gasteiger partial charge in [-0.05, 0) is 99.2 Å². The van der Waals surface area contributed by atoms with E-state index in [-0.39, 0.29) is 6.10 Å². The summed E-state index contributed by atoms with van der Waals surface area (Å²) in [6, 6.07) is 0. The molecule has 22 heavy (non-hydrogen) atoms. The van der Waals surface area contributed by atoms with Crippen LogP contribution in [0.1, 0.15) is 78.6 Å². The molecule has 0 aromatic rings. The van der Waals surface area contributed by atoms with Crippen LogP contribution in [-0.2, 0) is 0 Å². The second-order valence-electron chi connectivity index (χ2n) is 9.61. The van der Waals surface area contributed by atoms with Crippen LogP contribution >= 0.6 is 0 Å². The lowest BCUT2D eigenvalue weighted by Gasteiger charge is -2.60. The highest BCUT2D eigenvalue weighted by atomic mass is 16.3. The zero-order valence-corrected chi connectivity index (χ0v) is 14.8. The molecule has 1 nitrogen and oxygen atoms in total. The van der Waals surface area contributed by atoms with Crippen molar-refractivity contribution in [2.45, 2.75) is 84.7 Å². The summed E-state index contributed by atoms with van der Waals surface area (Å²) >= 11 is 0. The molecule has 0 radical (unpaired) electrons. The molecule has 7 atom stereocenters. The molecule has 0 saturated heterocycles. The molecule has 0 heterocycles. The molecule has 1 N–H and O–H groups in total. The summed E-state index contributed by atoms with van der Waals surface area (Å²) in [5.41, 5.74) is 2.86. The van der Waals surface area contributed by atoms with Crippen LogP contribution in [0.15, 0.2) is 11.6 Å². The predicted octanol–water partition coefficient (Wildman–Crippen LogP) is 5.34. The molecule has 4 aliphatic rings. The summed E-state index contributed by atoms with van der Waals surface area (Å²) in [7, 11) is 0. The summed E-state index contributed by atoms with van der Waals surface area (Å²) in [5.74, 6) is 3.65. The second-order valence-corrected chi connectivity index (χ2v) is 9.61. The SMILES string of the molecule is CC=C1C[C@H]2[C@@H]3CCC4CC(O)CC[C@]4(C)[C@H]3CC[C@]2(C)C1. The number of rotatable bonds is 0. The number of hydrogen-bond acceptors (Lipinski definition) is 1. The van der Waals surface area contributed by atoms with Crippen molar-refractivity contribution in [2.75, 3.05) is 0 Å². The van der Waals surface area contributed by atoms with E-state index in [0.29, 0.717) is 10.8 Å². The van der Waals surface area contributed by atoms with Crippen molar-refractivity contribution in [3.8, 4) is 0 Å². The Balaban J connectivity index is 1.62. The number of aliphatic hydroxyl groups is 1. The molecule has 4 rings (SSSR count). The number of allylic oxidation sites excluding steroid dienone is 2. The Morgan fingerprint density at radius 1 is 1.05 bits per heavy atom. The number of hydrogen-bond donors (Lipinski definition) is 1. The summed E-state index contributed by atoms with van der Waals surface area (Å²) in [6.45, 7) is 7.42. The third kappa shape index (κ3) is 2.07. The predicted molar refractivity (Wildman–Crippen MR) is 91.5 cm³/mol. The number of fused-ring (bicyclic) bond motifs is 5. The summed E-state index contributed by atoms with van der Waals surface area (Å²) < 4.78 is 0. The maximum Gasteiger partial charge on any atom is 0.0543 e. The van der Waals surface area contributed by atoms with Gasteiger partial charge in [0.1, 0.15) is 0 Å². The number of aliphatic hydroxyl groups excluding tert-OH is 1. The van der Waals surface area contributed by atoms with Crippen molar-refractivity contribution in [2.24, 2.45) is 34.5 Å². The Morgan fingerprint density at radius 3 is 2.64 bits per heavy atom. The van der Waals surface area contributed by atoms with E-state index in [0.717, 1.165) is 36.5 Å². The van der Waals surface area contributed by atoms with Gasteiger partial charge in [0.05, 0.1) is 6.10 Å². The molecule has 0 bridgehead atoms. The highest BCUT2D eigenvalue weighted by Crippen LogP contribution is 2.66. The third-order valence-corrected chi connectivity index (χ3v) is 8.68. The Morgan fingerprint density at radius 2 is 1.86 bits per heavy atom. The Kier molecular flexibility index (Phi) is 3.53. The summed E-state index contributed by atoms with van der Waals surface area (Å²) in [5, 5.41) is 10.1. The maximum absolute atomic E-state index is 10.1. The van der Waals surface area contributed by atoms with E-state index in [1.807, 2.05) is 0 Å². The molecule has 4 fully saturated rings. The fraction of sp³-hybridized carbons (Fsp3) is 0.905. The first-order valence-electron chi connectivity index (χ1n) is 9.78. The lowest BCUT2D eigenvalue weighted by molar-refractivity contribution is -0.120. The van der Waals surface area contributed by atoms with Gasteiger partial charge in [-0.1, -0.05) is 25.5 Å². The van der Waals surface area contributed by atoms with Crippen molar-refractivity contribution in [1.29, 1.82) is 0 Å². The molecule has 4 saturated carbocycles. The van der Waals surface area contributed by atoms with Crippen LogP contribution in [0, 0.1) is 34.5 Å². The molecule has 124 valence electrons. The average molecular weight is 303 g/mol. The smallest absolute Gasteiger partial charge is 0.0543 e. The quantitative estimate of drug-likeness (QED) is 0.599. The van der Waals surface area contributed by atoms with Crippen molar-refractivity contribution in [3.63, 3.8) is 0 Å². The van der Waals surface area contributed by atoms with Gasteiger partial charge in [-0.2, -0.15) is 0 Å². The first kappa shape index (κ1) is 15.2. The normalized spacial score (nSPS) is 56.4. The van der Waals surface area contributed by atoms with Gasteiger partial charge in [0.15, 0.2) is 0 Å². The highest BCUT2D eigenvalue weighted by molar-refractivity contribution is 5.18. The minimum atomic E-state index is -0.00964. The van der Waals surface area contributed by atoms with Gasteiger partial charge in [0.2, 0.25) is 0 Å². The van der Waals surface area contributed by atoms with Crippen molar-refractivity contribution < 1.29 is 5.11 Å². The molecular weight excluding hydrogens is 268 g/mol. The van der Waals surface area contributed by atoms with Crippen LogP contribution in [0.25, 0.3) is 0 Å². The van der Waals surface area contributed by atoms with E-state index in [2.05, 4.69) is 26.8 Å². The molecule has 4 aliphatic carbocycles. The molecule has 0 spiro atoms. The monoisotopic (exact) mass is 302 g/mol. The fourth-order valence-corrected chi connectivity index (χ4v) is 7.34. The van der Waals surface area contributed by atoms with E-state index in [1.54, 1.807) is 5.57 Å². The molecule has 0 aromatic carbocycles. The fourth-order valence-electron chi connectivity index (χ4n) is 7.34. The topological polar surface area (TPSA) is 20.2 Å². The van der Waals surface area contributed by atoms with E-state index < -0.39 is 0 Å². The van der Waals surface area contributed by atoms with Crippen molar-refractivity contribution in [1.82, 2.24) is 0 Å². The van der Waals surface area contributed by atoms with Crippen molar-refractivity contribution in [3.05, 3.63) is 11.6 Å². The molecule has 2 unspecified atom stereocenters. The Bertz CT molecular complexity index is 480. The van der Waals surface area contributed by atoms with Crippen LogP contribution in [0.3, 0.4) is 0 Å². The minimum absolute atomic E-state index is 0.00964. The zero-order chi connectivity index (χ0) is 15.5. The van der Waals surface area contributed by atoms with Crippen LogP contribution in [0.2, 0.25) is 0 Å². The summed E-state index contributed by atoms with van der Waals surface area (Å²) in [6.07, 6.45) is 14.3. The van der Waals surface area contributed by atoms with E-state index in [4.69, 9.17) is 0 Å². The Labute approximate surface area is 136 Å². The maximum atomic E-state index is 10.1. The van der Waals surface area contributed by atoms with Gasteiger partial charge < -0.3 is 5.11 Å². The molecular formula is C21H34O. The van der Waals surface area contributed by atoms with E-state index >= 15 is 0 Å². The first-order chi connectivity index (χ1) is 10.5. The lowest BCUT2D eigenvalue weighted by Crippen LogP contribution is -2.53. The first-order valence-corrected chi connectivity index (χ1v) is 9.78. The van der Waals surface area contributed by atoms with Gasteiger partial charge in [-0.25, -0.2) is 0 Å². The van der Waals surface area contributed by atoms with Crippen LogP contribution in [0.4, 0.5) is 0 Å². The largest absolute Gasteiger partial charge is 0.393 e. The standard InChI is InChI=1S/C21H34O/c1-4-14-11-19-17-6-5-15-12-16(22)7-10-21(15,3)18(17)8-9-20(19,2)13-14/h4,15-19,22H,5-13H2,1-3H3/t15?,16?,17-,18+,19+,20-,21+/m1/s1. The van der Waals surface area contributed by atoms with E-state index in [1.165, 1.54) is 44.9 Å². The van der Waals surface area contributed by atoms with Gasteiger partial charge in [0.25, 0.3) is 0 Å². The lowest BCUT2D eigenvalue weighted by atomic mass is 9.45. The van der Waals surface area contributed by atoms with Crippen LogP contribution in [0.5, 0.6) is 0 Å². The summed E-state index contributed by atoms with van der Waals surface area (Å²) in [4.78, 5) is 0. The molecule has 0 aromatic heterocycles. The molecule has 1 heteroatoms. The molecule has 0 aliphatic heterocycles. The second kappa shape index (κ2) is 5.10. The van der Waals surface area contributed by atoms with Crippen LogP contribution < -0.4 is 0 Å². The van der Waals surface area contributed by atoms with Gasteiger partial charge in [-0.15, -0.1) is 0 Å². The van der Waals surface area contributed by atoms with E-state index in [9.17, 15) is 5.11 Å². The zero-order valence-electron chi connectivity index (χ0n) is 14.8. The van der Waals surface area contributed by atoms with Gasteiger partial charge in [0, 0.05) is 0 Å². The van der Waals surface area contributed by atoms with Gasteiger partial charge in [-0.3, -0.25) is 0 Å². The van der Waals surface area contributed by atoms with Gasteiger partial charge >= 0.3 is 0 Å². The molecule has 0 amide bonds.